The van der Waals surface area contributed by atoms with Crippen molar-refractivity contribution in [3.05, 3.63) is 65.6 Å². The second kappa shape index (κ2) is 5.45. The fourth-order valence-corrected chi connectivity index (χ4v) is 2.22. The van der Waals surface area contributed by atoms with Gasteiger partial charge in [-0.2, -0.15) is 5.10 Å². The zero-order chi connectivity index (χ0) is 13.9. The zero-order valence-electron chi connectivity index (χ0n) is 10.6. The number of nitrogens with zero attached hydrogens (tertiary/aromatic N) is 3. The molecule has 0 saturated heterocycles. The summed E-state index contributed by atoms with van der Waals surface area (Å²) in [5, 5.41) is 13.8. The highest BCUT2D eigenvalue weighted by Gasteiger charge is 2.08. The van der Waals surface area contributed by atoms with Crippen molar-refractivity contribution in [2.24, 2.45) is 0 Å². The van der Waals surface area contributed by atoms with Crippen LogP contribution in [-0.4, -0.2) is 19.9 Å². The Morgan fingerprint density at radius 1 is 1.10 bits per heavy atom. The second-order valence-corrected chi connectivity index (χ2v) is 4.75. The second-order valence-electron chi connectivity index (χ2n) is 4.35. The fourth-order valence-electron chi connectivity index (χ4n) is 1.94. The smallest absolute Gasteiger partial charge is 0.172 e. The van der Waals surface area contributed by atoms with Crippen molar-refractivity contribution >= 4 is 11.6 Å². The molecule has 1 N–H and O–H groups in total. The molecule has 0 fully saturated rings. The summed E-state index contributed by atoms with van der Waals surface area (Å²) in [5.41, 5.74) is 2.76. The van der Waals surface area contributed by atoms with Crippen LogP contribution in [0, 0.1) is 0 Å². The standard InChI is InChI=1S/C15H12ClN3O/c16-14-6-11(10-20)7-17-15(14)19-9-13(8-18-19)12-4-2-1-3-5-12/h1-9,20H,10H2. The first-order valence-electron chi connectivity index (χ1n) is 6.13. The Balaban J connectivity index is 1.98. The fraction of sp³-hybridized carbons (Fsp3) is 0.0667. The largest absolute Gasteiger partial charge is 0.392 e. The molecule has 3 rings (SSSR count). The van der Waals surface area contributed by atoms with E-state index >= 15 is 0 Å². The van der Waals surface area contributed by atoms with E-state index in [2.05, 4.69) is 10.1 Å². The molecule has 4 nitrogen and oxygen atoms in total. The highest BCUT2D eigenvalue weighted by atomic mass is 35.5. The van der Waals surface area contributed by atoms with Gasteiger partial charge in [-0.05, 0) is 17.2 Å². The van der Waals surface area contributed by atoms with E-state index in [0.717, 1.165) is 11.1 Å². The van der Waals surface area contributed by atoms with E-state index < -0.39 is 0 Å². The van der Waals surface area contributed by atoms with Crippen LogP contribution in [0.4, 0.5) is 0 Å². The average Bonchev–Trinajstić information content (AvgIpc) is 2.97. The van der Waals surface area contributed by atoms with Gasteiger partial charge in [-0.3, -0.25) is 0 Å². The molecule has 0 bridgehead atoms. The summed E-state index contributed by atoms with van der Waals surface area (Å²) >= 11 is 6.16. The molecule has 100 valence electrons. The molecule has 1 aromatic carbocycles. The lowest BCUT2D eigenvalue weighted by molar-refractivity contribution is 0.281. The van der Waals surface area contributed by atoms with Gasteiger partial charge in [0.05, 0.1) is 17.8 Å². The van der Waals surface area contributed by atoms with Gasteiger partial charge in [-0.1, -0.05) is 41.9 Å². The molecule has 0 atom stereocenters. The maximum Gasteiger partial charge on any atom is 0.172 e. The Labute approximate surface area is 121 Å². The highest BCUT2D eigenvalue weighted by Crippen LogP contribution is 2.23. The molecule has 20 heavy (non-hydrogen) atoms. The van der Waals surface area contributed by atoms with Crippen LogP contribution in [0.25, 0.3) is 16.9 Å². The first-order chi connectivity index (χ1) is 9.78. The summed E-state index contributed by atoms with van der Waals surface area (Å²) in [7, 11) is 0. The number of rotatable bonds is 3. The third-order valence-corrected chi connectivity index (χ3v) is 3.25. The lowest BCUT2D eigenvalue weighted by Gasteiger charge is -2.04. The van der Waals surface area contributed by atoms with Gasteiger partial charge in [-0.25, -0.2) is 9.67 Å². The summed E-state index contributed by atoms with van der Waals surface area (Å²) in [6, 6.07) is 11.7. The highest BCUT2D eigenvalue weighted by molar-refractivity contribution is 6.32. The Morgan fingerprint density at radius 3 is 2.60 bits per heavy atom. The van der Waals surface area contributed by atoms with E-state index in [1.54, 1.807) is 23.1 Å². The minimum absolute atomic E-state index is 0.0820. The minimum atomic E-state index is -0.0820. The molecular weight excluding hydrogens is 274 g/mol. The van der Waals surface area contributed by atoms with Gasteiger partial charge in [0.1, 0.15) is 0 Å². The maximum atomic E-state index is 9.06. The summed E-state index contributed by atoms with van der Waals surface area (Å²) in [4.78, 5) is 4.23. The predicted molar refractivity (Wildman–Crippen MR) is 77.7 cm³/mol. The van der Waals surface area contributed by atoms with Gasteiger partial charge < -0.3 is 5.11 Å². The van der Waals surface area contributed by atoms with Crippen LogP contribution in [0.15, 0.2) is 55.0 Å². The zero-order valence-corrected chi connectivity index (χ0v) is 11.3. The first kappa shape index (κ1) is 12.8. The van der Waals surface area contributed by atoms with Crippen LogP contribution >= 0.6 is 11.6 Å². The minimum Gasteiger partial charge on any atom is -0.392 e. The number of halogens is 1. The van der Waals surface area contributed by atoms with Crippen LogP contribution in [0.1, 0.15) is 5.56 Å². The van der Waals surface area contributed by atoms with Crippen molar-refractivity contribution in [2.45, 2.75) is 6.61 Å². The number of aromatic nitrogens is 3. The van der Waals surface area contributed by atoms with Gasteiger partial charge in [0.25, 0.3) is 0 Å². The molecule has 0 aliphatic rings. The van der Waals surface area contributed by atoms with E-state index in [-0.39, 0.29) is 6.61 Å². The molecule has 0 amide bonds. The number of hydrogen-bond acceptors (Lipinski definition) is 3. The van der Waals surface area contributed by atoms with Gasteiger partial charge in [0.15, 0.2) is 5.82 Å². The van der Waals surface area contributed by atoms with Crippen LogP contribution in [0.5, 0.6) is 0 Å². The third kappa shape index (κ3) is 2.43. The molecule has 0 radical (unpaired) electrons. The Kier molecular flexibility index (Phi) is 3.50. The molecule has 0 saturated carbocycles. The van der Waals surface area contributed by atoms with Gasteiger partial charge in [0.2, 0.25) is 0 Å². The Morgan fingerprint density at radius 2 is 1.90 bits per heavy atom. The van der Waals surface area contributed by atoms with Gasteiger partial charge >= 0.3 is 0 Å². The topological polar surface area (TPSA) is 50.9 Å². The molecule has 0 aliphatic carbocycles. The number of hydrogen-bond donors (Lipinski definition) is 1. The predicted octanol–water partition coefficient (Wildman–Crippen LogP) is 3.08. The summed E-state index contributed by atoms with van der Waals surface area (Å²) < 4.78 is 1.63. The van der Waals surface area contributed by atoms with Crippen molar-refractivity contribution < 1.29 is 5.11 Å². The van der Waals surface area contributed by atoms with E-state index in [9.17, 15) is 0 Å². The van der Waals surface area contributed by atoms with Crippen LogP contribution in [0.2, 0.25) is 5.02 Å². The molecule has 2 aromatic heterocycles. The van der Waals surface area contributed by atoms with Crippen molar-refractivity contribution in [1.82, 2.24) is 14.8 Å². The van der Waals surface area contributed by atoms with Crippen molar-refractivity contribution in [3.8, 4) is 16.9 Å². The van der Waals surface area contributed by atoms with Crippen LogP contribution in [0.3, 0.4) is 0 Å². The molecular formula is C15H12ClN3O. The van der Waals surface area contributed by atoms with Crippen molar-refractivity contribution in [3.63, 3.8) is 0 Å². The number of aliphatic hydroxyl groups excluding tert-OH is 1. The number of aliphatic hydroxyl groups is 1. The van der Waals surface area contributed by atoms with Crippen LogP contribution in [-0.2, 0) is 6.61 Å². The Bertz CT molecular complexity index is 725. The molecule has 0 aliphatic heterocycles. The Hall–Kier alpha value is -2.17. The average molecular weight is 286 g/mol. The monoisotopic (exact) mass is 285 g/mol. The van der Waals surface area contributed by atoms with E-state index in [4.69, 9.17) is 16.7 Å². The van der Waals surface area contributed by atoms with E-state index in [0.29, 0.717) is 16.4 Å². The van der Waals surface area contributed by atoms with Gasteiger partial charge in [0, 0.05) is 18.0 Å². The van der Waals surface area contributed by atoms with Crippen LogP contribution < -0.4 is 0 Å². The maximum absolute atomic E-state index is 9.06. The summed E-state index contributed by atoms with van der Waals surface area (Å²) in [6.07, 6.45) is 5.24. The quantitative estimate of drug-likeness (QED) is 0.804. The SMILES string of the molecule is OCc1cnc(-n2cc(-c3ccccc3)cn2)c(Cl)c1. The molecule has 0 spiro atoms. The van der Waals surface area contributed by atoms with Gasteiger partial charge in [-0.15, -0.1) is 0 Å². The number of pyridine rings is 1. The molecule has 2 heterocycles. The van der Waals surface area contributed by atoms with E-state index in [1.807, 2.05) is 36.5 Å². The van der Waals surface area contributed by atoms with E-state index in [1.165, 1.54) is 0 Å². The third-order valence-electron chi connectivity index (χ3n) is 2.97. The first-order valence-corrected chi connectivity index (χ1v) is 6.51. The van der Waals surface area contributed by atoms with Crippen molar-refractivity contribution in [1.29, 1.82) is 0 Å². The van der Waals surface area contributed by atoms with Crippen molar-refractivity contribution in [2.75, 3.05) is 0 Å². The molecule has 3 aromatic rings. The number of benzene rings is 1. The normalized spacial score (nSPS) is 10.7. The lowest BCUT2D eigenvalue weighted by atomic mass is 10.1. The lowest BCUT2D eigenvalue weighted by Crippen LogP contribution is -2.00. The summed E-state index contributed by atoms with van der Waals surface area (Å²) in [5.74, 6) is 0.547. The molecule has 0 unspecified atom stereocenters. The summed E-state index contributed by atoms with van der Waals surface area (Å²) in [6.45, 7) is -0.0820. The molecule has 5 heteroatoms.